The Morgan fingerprint density at radius 1 is 1.21 bits per heavy atom. The van der Waals surface area contributed by atoms with Crippen LogP contribution in [-0.2, 0) is 6.61 Å². The predicted octanol–water partition coefficient (Wildman–Crippen LogP) is 1.97. The van der Waals surface area contributed by atoms with Crippen molar-refractivity contribution in [2.45, 2.75) is 6.61 Å². The van der Waals surface area contributed by atoms with Gasteiger partial charge in [0.2, 0.25) is 0 Å². The SMILES string of the molecule is OCc1ccn(-c2ccc(I)cc2)n1. The lowest BCUT2D eigenvalue weighted by molar-refractivity contribution is 0.276. The lowest BCUT2D eigenvalue weighted by atomic mass is 10.3. The molecule has 2 rings (SSSR count). The van der Waals surface area contributed by atoms with E-state index in [4.69, 9.17) is 5.11 Å². The van der Waals surface area contributed by atoms with Crippen LogP contribution in [0.3, 0.4) is 0 Å². The molecule has 14 heavy (non-hydrogen) atoms. The maximum absolute atomic E-state index is 8.86. The summed E-state index contributed by atoms with van der Waals surface area (Å²) in [5, 5.41) is 13.1. The zero-order valence-electron chi connectivity index (χ0n) is 7.39. The second kappa shape index (κ2) is 4.10. The van der Waals surface area contributed by atoms with E-state index in [1.807, 2.05) is 30.5 Å². The minimum absolute atomic E-state index is 0.0165. The van der Waals surface area contributed by atoms with Crippen LogP contribution < -0.4 is 0 Å². The van der Waals surface area contributed by atoms with Crippen molar-refractivity contribution in [3.63, 3.8) is 0 Å². The summed E-state index contributed by atoms with van der Waals surface area (Å²) in [6.07, 6.45) is 1.84. The van der Waals surface area contributed by atoms with Gasteiger partial charge in [-0.15, -0.1) is 0 Å². The van der Waals surface area contributed by atoms with Crippen molar-refractivity contribution in [1.82, 2.24) is 9.78 Å². The van der Waals surface area contributed by atoms with Crippen LogP contribution in [0.2, 0.25) is 0 Å². The molecule has 0 atom stereocenters. The van der Waals surface area contributed by atoms with Crippen molar-refractivity contribution in [3.8, 4) is 5.69 Å². The number of nitrogens with zero attached hydrogens (tertiary/aromatic N) is 2. The Kier molecular flexibility index (Phi) is 2.83. The largest absolute Gasteiger partial charge is 0.390 e. The Morgan fingerprint density at radius 3 is 2.50 bits per heavy atom. The molecule has 0 bridgehead atoms. The quantitative estimate of drug-likeness (QED) is 0.861. The molecule has 0 unspecified atom stereocenters. The maximum atomic E-state index is 8.86. The number of rotatable bonds is 2. The van der Waals surface area contributed by atoms with Gasteiger partial charge in [0.1, 0.15) is 0 Å². The average Bonchev–Trinajstić information content (AvgIpc) is 2.67. The Hall–Kier alpha value is -0.880. The molecule has 0 spiro atoms. The van der Waals surface area contributed by atoms with Crippen molar-refractivity contribution in [2.24, 2.45) is 0 Å². The number of halogens is 1. The molecule has 3 nitrogen and oxygen atoms in total. The van der Waals surface area contributed by atoms with Crippen LogP contribution in [0.15, 0.2) is 36.5 Å². The van der Waals surface area contributed by atoms with Gasteiger partial charge in [0.25, 0.3) is 0 Å². The molecule has 72 valence electrons. The molecule has 0 aliphatic heterocycles. The van der Waals surface area contributed by atoms with Crippen molar-refractivity contribution in [2.75, 3.05) is 0 Å². The fraction of sp³-hybridized carbons (Fsp3) is 0.100. The van der Waals surface area contributed by atoms with Gasteiger partial charge in [-0.2, -0.15) is 5.10 Å². The second-order valence-electron chi connectivity index (χ2n) is 2.89. The van der Waals surface area contributed by atoms with Crippen molar-refractivity contribution in [3.05, 3.63) is 45.8 Å². The monoisotopic (exact) mass is 300 g/mol. The van der Waals surface area contributed by atoms with E-state index >= 15 is 0 Å². The highest BCUT2D eigenvalue weighted by Gasteiger charge is 1.99. The number of benzene rings is 1. The maximum Gasteiger partial charge on any atom is 0.0883 e. The van der Waals surface area contributed by atoms with Crippen molar-refractivity contribution in [1.29, 1.82) is 0 Å². The van der Waals surface area contributed by atoms with Gasteiger partial charge in [0, 0.05) is 9.77 Å². The van der Waals surface area contributed by atoms with Gasteiger partial charge in [0.05, 0.1) is 18.0 Å². The molecule has 2 aromatic rings. The highest BCUT2D eigenvalue weighted by Crippen LogP contribution is 2.10. The smallest absolute Gasteiger partial charge is 0.0883 e. The Morgan fingerprint density at radius 2 is 1.93 bits per heavy atom. The number of aromatic nitrogens is 2. The zero-order valence-corrected chi connectivity index (χ0v) is 9.55. The molecule has 4 heteroatoms. The van der Waals surface area contributed by atoms with Crippen LogP contribution in [0.5, 0.6) is 0 Å². The number of aliphatic hydroxyl groups excluding tert-OH is 1. The molecule has 0 fully saturated rings. The number of hydrogen-bond donors (Lipinski definition) is 1. The molecule has 0 saturated carbocycles. The highest BCUT2D eigenvalue weighted by atomic mass is 127. The number of aliphatic hydroxyl groups is 1. The summed E-state index contributed by atoms with van der Waals surface area (Å²) in [5.74, 6) is 0. The van der Waals surface area contributed by atoms with E-state index in [0.29, 0.717) is 5.69 Å². The van der Waals surface area contributed by atoms with E-state index in [1.54, 1.807) is 10.7 Å². The second-order valence-corrected chi connectivity index (χ2v) is 4.13. The van der Waals surface area contributed by atoms with E-state index in [2.05, 4.69) is 27.7 Å². The third kappa shape index (κ3) is 1.96. The van der Waals surface area contributed by atoms with Gasteiger partial charge < -0.3 is 5.11 Å². The Balaban J connectivity index is 2.34. The highest BCUT2D eigenvalue weighted by molar-refractivity contribution is 14.1. The molecular weight excluding hydrogens is 291 g/mol. The summed E-state index contributed by atoms with van der Waals surface area (Å²) in [4.78, 5) is 0. The van der Waals surface area contributed by atoms with Crippen LogP contribution in [0.25, 0.3) is 5.69 Å². The lowest BCUT2D eigenvalue weighted by Gasteiger charge is -2.00. The molecule has 1 aromatic heterocycles. The zero-order chi connectivity index (χ0) is 9.97. The van der Waals surface area contributed by atoms with Crippen LogP contribution in [0, 0.1) is 3.57 Å². The summed E-state index contributed by atoms with van der Waals surface area (Å²) in [6.45, 7) is -0.0165. The summed E-state index contributed by atoms with van der Waals surface area (Å²) in [5.41, 5.74) is 1.69. The van der Waals surface area contributed by atoms with Gasteiger partial charge in [-0.1, -0.05) is 0 Å². The first kappa shape index (κ1) is 9.67. The van der Waals surface area contributed by atoms with Crippen molar-refractivity contribution >= 4 is 22.6 Å². The molecule has 0 radical (unpaired) electrons. The average molecular weight is 300 g/mol. The van der Waals surface area contributed by atoms with Gasteiger partial charge in [0.15, 0.2) is 0 Å². The minimum atomic E-state index is -0.0165. The van der Waals surface area contributed by atoms with Gasteiger partial charge in [-0.05, 0) is 52.9 Å². The van der Waals surface area contributed by atoms with Crippen LogP contribution in [0.1, 0.15) is 5.69 Å². The minimum Gasteiger partial charge on any atom is -0.390 e. The van der Waals surface area contributed by atoms with E-state index in [9.17, 15) is 0 Å². The van der Waals surface area contributed by atoms with E-state index < -0.39 is 0 Å². The van der Waals surface area contributed by atoms with E-state index in [0.717, 1.165) is 5.69 Å². The van der Waals surface area contributed by atoms with E-state index in [1.165, 1.54) is 3.57 Å². The predicted molar refractivity (Wildman–Crippen MR) is 62.2 cm³/mol. The fourth-order valence-electron chi connectivity index (χ4n) is 1.18. The van der Waals surface area contributed by atoms with Crippen LogP contribution >= 0.6 is 22.6 Å². The fourth-order valence-corrected chi connectivity index (χ4v) is 1.54. The molecule has 1 heterocycles. The Bertz CT molecular complexity index is 422. The first-order valence-electron chi connectivity index (χ1n) is 4.21. The lowest BCUT2D eigenvalue weighted by Crippen LogP contribution is -1.95. The van der Waals surface area contributed by atoms with Gasteiger partial charge >= 0.3 is 0 Å². The molecule has 0 aliphatic carbocycles. The van der Waals surface area contributed by atoms with E-state index in [-0.39, 0.29) is 6.61 Å². The molecule has 0 amide bonds. The first-order chi connectivity index (χ1) is 6.79. The summed E-state index contributed by atoms with van der Waals surface area (Å²) < 4.78 is 2.95. The standard InChI is InChI=1S/C10H9IN2O/c11-8-1-3-10(4-2-8)13-6-5-9(7-14)12-13/h1-6,14H,7H2. The van der Waals surface area contributed by atoms with Crippen LogP contribution in [0.4, 0.5) is 0 Å². The van der Waals surface area contributed by atoms with Gasteiger partial charge in [-0.3, -0.25) is 0 Å². The van der Waals surface area contributed by atoms with Crippen LogP contribution in [-0.4, -0.2) is 14.9 Å². The molecule has 1 N–H and O–H groups in total. The summed E-state index contributed by atoms with van der Waals surface area (Å²) >= 11 is 2.26. The first-order valence-corrected chi connectivity index (χ1v) is 5.29. The third-order valence-electron chi connectivity index (χ3n) is 1.90. The molecule has 0 saturated heterocycles. The van der Waals surface area contributed by atoms with Gasteiger partial charge in [-0.25, -0.2) is 4.68 Å². The van der Waals surface area contributed by atoms with Crippen molar-refractivity contribution < 1.29 is 5.11 Å². The number of hydrogen-bond acceptors (Lipinski definition) is 2. The molecule has 1 aromatic carbocycles. The normalized spacial score (nSPS) is 10.4. The topological polar surface area (TPSA) is 38.0 Å². The summed E-state index contributed by atoms with van der Waals surface area (Å²) in [7, 11) is 0. The Labute approximate surface area is 95.5 Å². The molecule has 0 aliphatic rings. The molecular formula is C10H9IN2O. The summed E-state index contributed by atoms with van der Waals surface area (Å²) in [6, 6.07) is 9.84. The third-order valence-corrected chi connectivity index (χ3v) is 2.62.